The summed E-state index contributed by atoms with van der Waals surface area (Å²) in [6, 6.07) is 2.50. The number of likely N-dealkylation sites (tertiary alicyclic amines) is 1. The molecular weight excluding hydrogens is 188 g/mol. The Labute approximate surface area is 90.5 Å². The molecule has 1 aromatic rings. The predicted molar refractivity (Wildman–Crippen MR) is 59.4 cm³/mol. The van der Waals surface area contributed by atoms with Gasteiger partial charge in [0.2, 0.25) is 0 Å². The van der Waals surface area contributed by atoms with Crippen LogP contribution >= 0.6 is 0 Å². The van der Waals surface area contributed by atoms with Crippen molar-refractivity contribution in [2.45, 2.75) is 25.3 Å². The summed E-state index contributed by atoms with van der Waals surface area (Å²) in [6.45, 7) is 1.78. The highest BCUT2D eigenvalue weighted by Crippen LogP contribution is 2.28. The molecule has 2 N–H and O–H groups in total. The molecule has 1 unspecified atom stereocenters. The second kappa shape index (κ2) is 4.68. The molecule has 1 aliphatic heterocycles. The molecule has 2 rings (SSSR count). The van der Waals surface area contributed by atoms with Crippen molar-refractivity contribution in [2.24, 2.45) is 5.73 Å². The van der Waals surface area contributed by atoms with E-state index in [1.54, 1.807) is 0 Å². The van der Waals surface area contributed by atoms with E-state index in [9.17, 15) is 0 Å². The molecule has 82 valence electrons. The van der Waals surface area contributed by atoms with E-state index in [1.807, 2.05) is 12.3 Å². The molecule has 1 saturated heterocycles. The number of hydrogen-bond donors (Lipinski definition) is 1. The lowest BCUT2D eigenvalue weighted by Crippen LogP contribution is -2.19. The van der Waals surface area contributed by atoms with Crippen LogP contribution in [0.15, 0.2) is 12.3 Å². The van der Waals surface area contributed by atoms with E-state index in [2.05, 4.69) is 21.9 Å². The minimum atomic E-state index is 0.476. The van der Waals surface area contributed by atoms with E-state index in [-0.39, 0.29) is 0 Å². The van der Waals surface area contributed by atoms with Crippen LogP contribution in [0.1, 0.15) is 30.4 Å². The van der Waals surface area contributed by atoms with E-state index in [4.69, 9.17) is 5.73 Å². The van der Waals surface area contributed by atoms with E-state index < -0.39 is 0 Å². The van der Waals surface area contributed by atoms with E-state index in [0.717, 1.165) is 17.9 Å². The number of aromatic nitrogens is 2. The first-order valence-electron chi connectivity index (χ1n) is 5.53. The first kappa shape index (κ1) is 10.5. The minimum Gasteiger partial charge on any atom is -0.330 e. The van der Waals surface area contributed by atoms with E-state index >= 15 is 0 Å². The number of nitrogens with zero attached hydrogens (tertiary/aromatic N) is 3. The molecule has 1 aromatic heterocycles. The fourth-order valence-corrected chi connectivity index (χ4v) is 2.13. The van der Waals surface area contributed by atoms with Crippen LogP contribution in [-0.4, -0.2) is 35.0 Å². The topological polar surface area (TPSA) is 55.0 Å². The lowest BCUT2D eigenvalue weighted by atomic mass is 10.1. The second-order valence-electron chi connectivity index (χ2n) is 4.08. The van der Waals surface area contributed by atoms with Crippen LogP contribution in [0.4, 0.5) is 0 Å². The highest BCUT2D eigenvalue weighted by atomic mass is 15.2. The van der Waals surface area contributed by atoms with Gasteiger partial charge in [-0.2, -0.15) is 0 Å². The smallest absolute Gasteiger partial charge is 0.129 e. The number of hydrogen-bond acceptors (Lipinski definition) is 4. The molecule has 4 heteroatoms. The second-order valence-corrected chi connectivity index (χ2v) is 4.08. The number of rotatable bonds is 3. The highest BCUT2D eigenvalue weighted by Gasteiger charge is 2.23. The number of nitrogens with two attached hydrogens (primary N) is 1. The maximum absolute atomic E-state index is 5.50. The van der Waals surface area contributed by atoms with Gasteiger partial charge >= 0.3 is 0 Å². The minimum absolute atomic E-state index is 0.476. The fraction of sp³-hybridized carbons (Fsp3) is 0.636. The van der Waals surface area contributed by atoms with Crippen molar-refractivity contribution in [3.63, 3.8) is 0 Å². The molecule has 0 amide bonds. The molecule has 15 heavy (non-hydrogen) atoms. The van der Waals surface area contributed by atoms with Gasteiger partial charge in [0.25, 0.3) is 0 Å². The van der Waals surface area contributed by atoms with E-state index in [1.165, 1.54) is 19.4 Å². The van der Waals surface area contributed by atoms with Crippen molar-refractivity contribution in [1.29, 1.82) is 0 Å². The highest BCUT2D eigenvalue weighted by molar-refractivity contribution is 5.09. The van der Waals surface area contributed by atoms with Gasteiger partial charge in [0.1, 0.15) is 5.82 Å². The zero-order valence-corrected chi connectivity index (χ0v) is 9.19. The van der Waals surface area contributed by atoms with Crippen LogP contribution in [0.2, 0.25) is 0 Å². The van der Waals surface area contributed by atoms with Crippen molar-refractivity contribution < 1.29 is 0 Å². The molecule has 2 heterocycles. The van der Waals surface area contributed by atoms with Gasteiger partial charge in [0, 0.05) is 12.6 Å². The molecule has 1 fully saturated rings. The molecule has 1 atom stereocenters. The third kappa shape index (κ3) is 2.33. The SMILES string of the molecule is CN1CCCC1c1ccnc(CCN)n1. The lowest BCUT2D eigenvalue weighted by molar-refractivity contribution is 0.311. The maximum Gasteiger partial charge on any atom is 0.129 e. The standard InChI is InChI=1S/C11H18N4/c1-15-8-2-3-10(15)9-5-7-13-11(14-9)4-6-12/h5,7,10H,2-4,6,8,12H2,1H3. The van der Waals surface area contributed by atoms with Crippen LogP contribution in [0.25, 0.3) is 0 Å². The summed E-state index contributed by atoms with van der Waals surface area (Å²) in [4.78, 5) is 11.1. The van der Waals surface area contributed by atoms with Gasteiger partial charge in [-0.1, -0.05) is 0 Å². The quantitative estimate of drug-likeness (QED) is 0.792. The monoisotopic (exact) mass is 206 g/mol. The Bertz CT molecular complexity index is 326. The Morgan fingerprint density at radius 3 is 3.13 bits per heavy atom. The summed E-state index contributed by atoms with van der Waals surface area (Å²) < 4.78 is 0. The van der Waals surface area contributed by atoms with Crippen LogP contribution in [0, 0.1) is 0 Å². The van der Waals surface area contributed by atoms with Crippen LogP contribution < -0.4 is 5.73 Å². The van der Waals surface area contributed by atoms with Gasteiger partial charge in [0.15, 0.2) is 0 Å². The summed E-state index contributed by atoms with van der Waals surface area (Å²) in [5, 5.41) is 0. The molecule has 0 spiro atoms. The normalized spacial score (nSPS) is 22.1. The zero-order valence-electron chi connectivity index (χ0n) is 9.19. The maximum atomic E-state index is 5.50. The van der Waals surface area contributed by atoms with Gasteiger partial charge in [-0.3, -0.25) is 4.90 Å². The summed E-state index contributed by atoms with van der Waals surface area (Å²) in [6.07, 6.45) is 5.08. The van der Waals surface area contributed by atoms with Crippen molar-refractivity contribution in [3.05, 3.63) is 23.8 Å². The van der Waals surface area contributed by atoms with Crippen molar-refractivity contribution >= 4 is 0 Å². The van der Waals surface area contributed by atoms with Gasteiger partial charge in [0.05, 0.1) is 11.7 Å². The van der Waals surface area contributed by atoms with Gasteiger partial charge in [-0.05, 0) is 39.0 Å². The Kier molecular flexibility index (Phi) is 3.28. The molecular formula is C11H18N4. The van der Waals surface area contributed by atoms with Gasteiger partial charge in [-0.15, -0.1) is 0 Å². The van der Waals surface area contributed by atoms with Crippen molar-refractivity contribution in [3.8, 4) is 0 Å². The third-order valence-corrected chi connectivity index (χ3v) is 2.96. The Balaban J connectivity index is 2.16. The molecule has 1 aliphatic rings. The summed E-state index contributed by atoms with van der Waals surface area (Å²) in [5.74, 6) is 0.871. The van der Waals surface area contributed by atoms with Gasteiger partial charge in [-0.25, -0.2) is 9.97 Å². The van der Waals surface area contributed by atoms with E-state index in [0.29, 0.717) is 12.6 Å². The van der Waals surface area contributed by atoms with Gasteiger partial charge < -0.3 is 5.73 Å². The summed E-state index contributed by atoms with van der Waals surface area (Å²) >= 11 is 0. The van der Waals surface area contributed by atoms with Crippen LogP contribution in [0.3, 0.4) is 0 Å². The lowest BCUT2D eigenvalue weighted by Gasteiger charge is -2.18. The summed E-state index contributed by atoms with van der Waals surface area (Å²) in [5.41, 5.74) is 6.65. The Hall–Kier alpha value is -1.00. The first-order valence-corrected chi connectivity index (χ1v) is 5.53. The Morgan fingerprint density at radius 1 is 1.60 bits per heavy atom. The first-order chi connectivity index (χ1) is 7.31. The van der Waals surface area contributed by atoms with Crippen molar-refractivity contribution in [1.82, 2.24) is 14.9 Å². The average molecular weight is 206 g/mol. The predicted octanol–water partition coefficient (Wildman–Crippen LogP) is 0.744. The largest absolute Gasteiger partial charge is 0.330 e. The molecule has 0 saturated carbocycles. The van der Waals surface area contributed by atoms with Crippen LogP contribution in [-0.2, 0) is 6.42 Å². The zero-order chi connectivity index (χ0) is 10.7. The molecule has 0 bridgehead atoms. The van der Waals surface area contributed by atoms with Crippen molar-refractivity contribution in [2.75, 3.05) is 20.1 Å². The van der Waals surface area contributed by atoms with Crippen LogP contribution in [0.5, 0.6) is 0 Å². The summed E-state index contributed by atoms with van der Waals surface area (Å²) in [7, 11) is 2.16. The third-order valence-electron chi connectivity index (χ3n) is 2.96. The fourth-order valence-electron chi connectivity index (χ4n) is 2.13. The molecule has 0 aliphatic carbocycles. The molecule has 4 nitrogen and oxygen atoms in total. The molecule has 0 radical (unpaired) electrons. The molecule has 0 aromatic carbocycles. The average Bonchev–Trinajstić information content (AvgIpc) is 2.65. The Morgan fingerprint density at radius 2 is 2.47 bits per heavy atom.